The van der Waals surface area contributed by atoms with Crippen molar-refractivity contribution in [1.82, 2.24) is 9.88 Å². The number of aromatic nitrogens is 1. The molecule has 0 bridgehead atoms. The molecule has 1 saturated heterocycles. The van der Waals surface area contributed by atoms with E-state index in [1.807, 2.05) is 6.07 Å². The van der Waals surface area contributed by atoms with Crippen LogP contribution in [0.15, 0.2) is 30.3 Å². The molecule has 1 aromatic heterocycles. The molecule has 0 saturated carbocycles. The van der Waals surface area contributed by atoms with E-state index in [1.54, 1.807) is 17.0 Å². The van der Waals surface area contributed by atoms with Gasteiger partial charge >= 0.3 is 0 Å². The molecule has 1 aliphatic rings. The molecular formula is C14H13FN2O. The summed E-state index contributed by atoms with van der Waals surface area (Å²) in [4.78, 5) is 18.2. The molecule has 0 radical (unpaired) electrons. The van der Waals surface area contributed by atoms with Crippen molar-refractivity contribution in [2.45, 2.75) is 12.8 Å². The van der Waals surface area contributed by atoms with Crippen LogP contribution in [0.1, 0.15) is 23.3 Å². The number of nitrogens with zero attached hydrogens (tertiary/aromatic N) is 2. The Morgan fingerprint density at radius 2 is 1.89 bits per heavy atom. The number of fused-ring (bicyclic) bond motifs is 1. The maximum absolute atomic E-state index is 13.1. The van der Waals surface area contributed by atoms with Crippen LogP contribution in [0.2, 0.25) is 0 Å². The lowest BCUT2D eigenvalue weighted by atomic mass is 10.2. The first-order valence-electron chi connectivity index (χ1n) is 6.10. The fraction of sp³-hybridized carbons (Fsp3) is 0.286. The summed E-state index contributed by atoms with van der Waals surface area (Å²) in [5.41, 5.74) is 0.926. The van der Waals surface area contributed by atoms with Crippen LogP contribution in [0, 0.1) is 5.82 Å². The highest BCUT2D eigenvalue weighted by molar-refractivity contribution is 5.95. The third kappa shape index (κ3) is 1.94. The van der Waals surface area contributed by atoms with Crippen molar-refractivity contribution in [2.24, 2.45) is 0 Å². The lowest BCUT2D eigenvalue weighted by Crippen LogP contribution is -2.28. The van der Waals surface area contributed by atoms with E-state index in [0.717, 1.165) is 31.3 Å². The Hall–Kier alpha value is -1.97. The zero-order valence-electron chi connectivity index (χ0n) is 9.90. The number of rotatable bonds is 1. The minimum absolute atomic E-state index is 0.0568. The predicted octanol–water partition coefficient (Wildman–Crippen LogP) is 2.61. The number of carbonyl (C=O) groups is 1. The Bertz CT molecular complexity index is 606. The largest absolute Gasteiger partial charge is 0.337 e. The summed E-state index contributed by atoms with van der Waals surface area (Å²) in [6.45, 7) is 1.59. The number of amides is 1. The molecule has 3 rings (SSSR count). The van der Waals surface area contributed by atoms with Crippen LogP contribution in [-0.2, 0) is 0 Å². The van der Waals surface area contributed by atoms with Gasteiger partial charge in [-0.05, 0) is 31.0 Å². The molecule has 1 aromatic carbocycles. The molecule has 92 valence electrons. The zero-order chi connectivity index (χ0) is 12.5. The summed E-state index contributed by atoms with van der Waals surface area (Å²) in [7, 11) is 0. The van der Waals surface area contributed by atoms with E-state index in [2.05, 4.69) is 4.98 Å². The Morgan fingerprint density at radius 1 is 1.17 bits per heavy atom. The van der Waals surface area contributed by atoms with E-state index in [9.17, 15) is 9.18 Å². The third-order valence-electron chi connectivity index (χ3n) is 3.27. The van der Waals surface area contributed by atoms with Crippen LogP contribution in [0.5, 0.6) is 0 Å². The molecule has 1 fully saturated rings. The molecule has 0 unspecified atom stereocenters. The maximum atomic E-state index is 13.1. The topological polar surface area (TPSA) is 33.2 Å². The number of carbonyl (C=O) groups excluding carboxylic acids is 1. The molecule has 1 amide bonds. The Balaban J connectivity index is 1.99. The standard InChI is InChI=1S/C14H13FN2O/c15-11-5-3-10-4-6-12(16-13(10)9-11)14(18)17-7-1-2-8-17/h3-6,9H,1-2,7-8H2. The number of likely N-dealkylation sites (tertiary alicyclic amines) is 1. The molecule has 3 nitrogen and oxygen atoms in total. The van der Waals surface area contributed by atoms with Crippen molar-refractivity contribution in [3.05, 3.63) is 41.8 Å². The van der Waals surface area contributed by atoms with Crippen molar-refractivity contribution in [3.8, 4) is 0 Å². The van der Waals surface area contributed by atoms with Crippen LogP contribution < -0.4 is 0 Å². The highest BCUT2D eigenvalue weighted by atomic mass is 19.1. The summed E-state index contributed by atoms with van der Waals surface area (Å²) in [5, 5.41) is 0.842. The van der Waals surface area contributed by atoms with Crippen molar-refractivity contribution in [2.75, 3.05) is 13.1 Å². The van der Waals surface area contributed by atoms with E-state index >= 15 is 0 Å². The van der Waals surface area contributed by atoms with Crippen molar-refractivity contribution in [3.63, 3.8) is 0 Å². The molecule has 0 atom stereocenters. The van der Waals surface area contributed by atoms with Gasteiger partial charge in [0.05, 0.1) is 5.52 Å². The first kappa shape index (κ1) is 11.1. The minimum atomic E-state index is -0.333. The second-order valence-corrected chi connectivity index (χ2v) is 4.53. The molecule has 1 aliphatic heterocycles. The van der Waals surface area contributed by atoms with Gasteiger partial charge in [0, 0.05) is 24.5 Å². The smallest absolute Gasteiger partial charge is 0.272 e. The summed E-state index contributed by atoms with van der Waals surface area (Å²) >= 11 is 0. The van der Waals surface area contributed by atoms with Crippen molar-refractivity contribution >= 4 is 16.8 Å². The quantitative estimate of drug-likeness (QED) is 0.772. The SMILES string of the molecule is O=C(c1ccc2ccc(F)cc2n1)N1CCCC1. The van der Waals surface area contributed by atoms with Gasteiger partial charge in [0.25, 0.3) is 5.91 Å². The molecule has 4 heteroatoms. The van der Waals surface area contributed by atoms with Gasteiger partial charge < -0.3 is 4.90 Å². The fourth-order valence-electron chi connectivity index (χ4n) is 2.29. The highest BCUT2D eigenvalue weighted by Crippen LogP contribution is 2.16. The molecule has 18 heavy (non-hydrogen) atoms. The number of pyridine rings is 1. The number of hydrogen-bond donors (Lipinski definition) is 0. The van der Waals surface area contributed by atoms with E-state index < -0.39 is 0 Å². The van der Waals surface area contributed by atoms with E-state index in [4.69, 9.17) is 0 Å². The van der Waals surface area contributed by atoms with Crippen molar-refractivity contribution in [1.29, 1.82) is 0 Å². The van der Waals surface area contributed by atoms with Gasteiger partial charge in [-0.1, -0.05) is 6.07 Å². The lowest BCUT2D eigenvalue weighted by Gasteiger charge is -2.14. The van der Waals surface area contributed by atoms with Crippen LogP contribution in [0.4, 0.5) is 4.39 Å². The molecular weight excluding hydrogens is 231 g/mol. The Labute approximate surface area is 104 Å². The van der Waals surface area contributed by atoms with Gasteiger partial charge in [-0.25, -0.2) is 9.37 Å². The number of halogens is 1. The molecule has 0 spiro atoms. The lowest BCUT2D eigenvalue weighted by molar-refractivity contribution is 0.0787. The van der Waals surface area contributed by atoms with Gasteiger partial charge in [0.15, 0.2) is 0 Å². The van der Waals surface area contributed by atoms with Crippen LogP contribution in [0.25, 0.3) is 10.9 Å². The van der Waals surface area contributed by atoms with Gasteiger partial charge in [0.1, 0.15) is 11.5 Å². The van der Waals surface area contributed by atoms with Crippen molar-refractivity contribution < 1.29 is 9.18 Å². The van der Waals surface area contributed by atoms with Crippen LogP contribution >= 0.6 is 0 Å². The average Bonchev–Trinajstić information content (AvgIpc) is 2.90. The fourth-order valence-corrected chi connectivity index (χ4v) is 2.29. The monoisotopic (exact) mass is 244 g/mol. The summed E-state index contributed by atoms with van der Waals surface area (Å²) in [6.07, 6.45) is 2.10. The van der Waals surface area contributed by atoms with Gasteiger partial charge in [-0.15, -0.1) is 0 Å². The van der Waals surface area contributed by atoms with Gasteiger partial charge in [-0.3, -0.25) is 4.79 Å². The zero-order valence-corrected chi connectivity index (χ0v) is 9.90. The number of hydrogen-bond acceptors (Lipinski definition) is 2. The second-order valence-electron chi connectivity index (χ2n) is 4.53. The molecule has 2 heterocycles. The normalized spacial score (nSPS) is 15.3. The minimum Gasteiger partial charge on any atom is -0.337 e. The molecule has 2 aromatic rings. The van der Waals surface area contributed by atoms with E-state index in [-0.39, 0.29) is 11.7 Å². The first-order valence-corrected chi connectivity index (χ1v) is 6.10. The number of benzene rings is 1. The van der Waals surface area contributed by atoms with Crippen LogP contribution in [-0.4, -0.2) is 28.9 Å². The Morgan fingerprint density at radius 3 is 2.67 bits per heavy atom. The predicted molar refractivity (Wildman–Crippen MR) is 66.8 cm³/mol. The second kappa shape index (κ2) is 4.37. The first-order chi connectivity index (χ1) is 8.74. The summed E-state index contributed by atoms with van der Waals surface area (Å²) in [6, 6.07) is 7.94. The van der Waals surface area contributed by atoms with Gasteiger partial charge in [-0.2, -0.15) is 0 Å². The maximum Gasteiger partial charge on any atom is 0.272 e. The average molecular weight is 244 g/mol. The van der Waals surface area contributed by atoms with Crippen LogP contribution in [0.3, 0.4) is 0 Å². The summed E-state index contributed by atoms with van der Waals surface area (Å²) in [5.74, 6) is -0.389. The summed E-state index contributed by atoms with van der Waals surface area (Å²) < 4.78 is 13.1. The highest BCUT2D eigenvalue weighted by Gasteiger charge is 2.20. The van der Waals surface area contributed by atoms with Gasteiger partial charge in [0.2, 0.25) is 0 Å². The van der Waals surface area contributed by atoms with E-state index in [0.29, 0.717) is 11.2 Å². The Kier molecular flexibility index (Phi) is 2.70. The van der Waals surface area contributed by atoms with E-state index in [1.165, 1.54) is 12.1 Å². The third-order valence-corrected chi connectivity index (χ3v) is 3.27. The molecule has 0 aliphatic carbocycles. The molecule has 0 N–H and O–H groups in total.